The first kappa shape index (κ1) is 16.2. The quantitative estimate of drug-likeness (QED) is 0.634. The van der Waals surface area contributed by atoms with Crippen LogP contribution in [0.5, 0.6) is 0 Å². The van der Waals surface area contributed by atoms with E-state index in [-0.39, 0.29) is 12.0 Å². The summed E-state index contributed by atoms with van der Waals surface area (Å²) in [6, 6.07) is 11.6. The zero-order chi connectivity index (χ0) is 17.4. The zero-order valence-electron chi connectivity index (χ0n) is 13.4. The highest BCUT2D eigenvalue weighted by Crippen LogP contribution is 2.28. The van der Waals surface area contributed by atoms with Gasteiger partial charge in [-0.2, -0.15) is 4.39 Å². The number of benzene rings is 2. The van der Waals surface area contributed by atoms with Crippen LogP contribution >= 0.6 is 11.6 Å². The van der Waals surface area contributed by atoms with Crippen molar-refractivity contribution in [3.8, 4) is 0 Å². The van der Waals surface area contributed by atoms with E-state index >= 15 is 0 Å². The first-order chi connectivity index (χ1) is 12.1. The van der Waals surface area contributed by atoms with Crippen molar-refractivity contribution < 1.29 is 13.9 Å². The highest BCUT2D eigenvalue weighted by molar-refractivity contribution is 6.30. The predicted molar refractivity (Wildman–Crippen MR) is 93.4 cm³/mol. The Bertz CT molecular complexity index is 930. The fourth-order valence-corrected chi connectivity index (χ4v) is 3.27. The molecule has 1 saturated heterocycles. The second kappa shape index (κ2) is 6.58. The molecule has 2 heterocycles. The molecule has 0 amide bonds. The van der Waals surface area contributed by atoms with Gasteiger partial charge in [-0.15, -0.1) is 5.10 Å². The van der Waals surface area contributed by atoms with E-state index in [4.69, 9.17) is 16.3 Å². The molecule has 0 spiro atoms. The molecule has 6 heteroatoms. The van der Waals surface area contributed by atoms with Crippen molar-refractivity contribution in [2.24, 2.45) is 0 Å². The summed E-state index contributed by atoms with van der Waals surface area (Å²) >= 11 is 5.85. The molecule has 4 rings (SSSR count). The fraction of sp³-hybridized carbons (Fsp3) is 0.263. The van der Waals surface area contributed by atoms with Gasteiger partial charge in [0.2, 0.25) is 5.95 Å². The maximum absolute atomic E-state index is 14.3. The van der Waals surface area contributed by atoms with Crippen molar-refractivity contribution in [2.75, 3.05) is 6.61 Å². The number of ether oxygens (including phenoxy) is 1. The number of rotatable bonds is 3. The Balaban J connectivity index is 1.72. The van der Waals surface area contributed by atoms with Crippen LogP contribution in [-0.4, -0.2) is 22.2 Å². The van der Waals surface area contributed by atoms with Crippen molar-refractivity contribution in [1.29, 1.82) is 0 Å². The number of aromatic nitrogens is 2. The molecule has 1 fully saturated rings. The molecule has 2 aromatic carbocycles. The zero-order valence-corrected chi connectivity index (χ0v) is 14.2. The molecule has 1 aromatic heterocycles. The van der Waals surface area contributed by atoms with Crippen molar-refractivity contribution in [1.82, 2.24) is 9.78 Å². The number of carbonyl (C=O) groups excluding carboxylic acids is 1. The van der Waals surface area contributed by atoms with Gasteiger partial charge in [0.05, 0.1) is 10.9 Å². The molecule has 0 aliphatic carbocycles. The topological polar surface area (TPSA) is 44.1 Å². The van der Waals surface area contributed by atoms with Gasteiger partial charge in [-0.05, 0) is 61.7 Å². The van der Waals surface area contributed by atoms with E-state index in [0.717, 1.165) is 19.3 Å². The second-order valence-electron chi connectivity index (χ2n) is 6.12. The van der Waals surface area contributed by atoms with Gasteiger partial charge < -0.3 is 4.74 Å². The second-order valence-corrected chi connectivity index (χ2v) is 6.56. The molecule has 3 aromatic rings. The molecule has 0 N–H and O–H groups in total. The fourth-order valence-electron chi connectivity index (χ4n) is 3.15. The third-order valence-electron chi connectivity index (χ3n) is 4.46. The summed E-state index contributed by atoms with van der Waals surface area (Å²) in [7, 11) is 0. The van der Waals surface area contributed by atoms with Crippen LogP contribution in [0.25, 0.3) is 10.9 Å². The molecule has 25 heavy (non-hydrogen) atoms. The van der Waals surface area contributed by atoms with E-state index < -0.39 is 5.95 Å². The van der Waals surface area contributed by atoms with Gasteiger partial charge in [0.1, 0.15) is 0 Å². The van der Waals surface area contributed by atoms with Crippen LogP contribution in [0.2, 0.25) is 5.02 Å². The van der Waals surface area contributed by atoms with Crippen LogP contribution in [0.3, 0.4) is 0 Å². The number of hydrogen-bond acceptors (Lipinski definition) is 3. The third-order valence-corrected chi connectivity index (χ3v) is 4.71. The highest BCUT2D eigenvalue weighted by atomic mass is 35.5. The van der Waals surface area contributed by atoms with E-state index in [1.165, 1.54) is 0 Å². The van der Waals surface area contributed by atoms with E-state index in [2.05, 4.69) is 5.10 Å². The molecular formula is C19H16ClFN2O2. The van der Waals surface area contributed by atoms with Gasteiger partial charge >= 0.3 is 0 Å². The van der Waals surface area contributed by atoms with E-state index in [1.807, 2.05) is 0 Å². The molecule has 1 aliphatic rings. The predicted octanol–water partition coefficient (Wildman–Crippen LogP) is 4.76. The Kier molecular flexibility index (Phi) is 4.27. The summed E-state index contributed by atoms with van der Waals surface area (Å²) < 4.78 is 21.6. The number of halogens is 2. The van der Waals surface area contributed by atoms with Crippen LogP contribution in [0, 0.1) is 5.95 Å². The lowest BCUT2D eigenvalue weighted by Gasteiger charge is -2.23. The lowest BCUT2D eigenvalue weighted by atomic mass is 10.0. The van der Waals surface area contributed by atoms with Crippen LogP contribution < -0.4 is 0 Å². The smallest absolute Gasteiger partial charge is 0.240 e. The minimum atomic E-state index is -0.588. The molecule has 128 valence electrons. The summed E-state index contributed by atoms with van der Waals surface area (Å²) in [6.07, 6.45) is 2.60. The van der Waals surface area contributed by atoms with E-state index in [0.29, 0.717) is 33.7 Å². The Morgan fingerprint density at radius 1 is 1.16 bits per heavy atom. The molecule has 1 aliphatic heterocycles. The summed E-state index contributed by atoms with van der Waals surface area (Å²) in [5.74, 6) is -0.769. The van der Waals surface area contributed by atoms with Gasteiger partial charge in [0.15, 0.2) is 12.0 Å². The third kappa shape index (κ3) is 3.05. The average molecular weight is 359 g/mol. The van der Waals surface area contributed by atoms with E-state index in [1.54, 1.807) is 47.1 Å². The van der Waals surface area contributed by atoms with Crippen LogP contribution in [0.4, 0.5) is 4.39 Å². The summed E-state index contributed by atoms with van der Waals surface area (Å²) in [6.45, 7) is 0.654. The van der Waals surface area contributed by atoms with Crippen molar-refractivity contribution in [3.05, 3.63) is 64.6 Å². The maximum Gasteiger partial charge on any atom is 0.240 e. The van der Waals surface area contributed by atoms with Crippen LogP contribution in [0.1, 0.15) is 41.4 Å². The van der Waals surface area contributed by atoms with Crippen LogP contribution in [-0.2, 0) is 4.74 Å². The molecule has 1 atom stereocenters. The standard InChI is InChI=1S/C19H16ClFN2O2/c20-14-7-4-12(5-8-14)18(24)13-6-9-16-15(11-13)19(21)22-23(16)17-3-1-2-10-25-17/h4-9,11,17H,1-3,10H2. The van der Waals surface area contributed by atoms with Crippen molar-refractivity contribution in [2.45, 2.75) is 25.5 Å². The summed E-state index contributed by atoms with van der Waals surface area (Å²) in [5, 5.41) is 4.88. The monoisotopic (exact) mass is 358 g/mol. The maximum atomic E-state index is 14.3. The molecule has 4 nitrogen and oxygen atoms in total. The Labute approximate surface area is 149 Å². The van der Waals surface area contributed by atoms with Gasteiger partial charge in [0.25, 0.3) is 0 Å². The molecule has 1 unspecified atom stereocenters. The van der Waals surface area contributed by atoms with Crippen molar-refractivity contribution >= 4 is 28.3 Å². The number of nitrogens with zero attached hydrogens (tertiary/aromatic N) is 2. The largest absolute Gasteiger partial charge is 0.356 e. The summed E-state index contributed by atoms with van der Waals surface area (Å²) in [5.41, 5.74) is 1.56. The molecular weight excluding hydrogens is 343 g/mol. The van der Waals surface area contributed by atoms with E-state index in [9.17, 15) is 9.18 Å². The number of fused-ring (bicyclic) bond motifs is 1. The first-order valence-electron chi connectivity index (χ1n) is 8.23. The summed E-state index contributed by atoms with van der Waals surface area (Å²) in [4.78, 5) is 12.6. The lowest BCUT2D eigenvalue weighted by Crippen LogP contribution is -2.19. The minimum absolute atomic E-state index is 0.181. The molecule has 0 saturated carbocycles. The average Bonchev–Trinajstić information content (AvgIpc) is 2.99. The Morgan fingerprint density at radius 3 is 2.64 bits per heavy atom. The van der Waals surface area contributed by atoms with Gasteiger partial charge in [0, 0.05) is 22.8 Å². The molecule has 0 bridgehead atoms. The van der Waals surface area contributed by atoms with Crippen molar-refractivity contribution in [3.63, 3.8) is 0 Å². The number of ketones is 1. The Hall–Kier alpha value is -2.24. The van der Waals surface area contributed by atoms with Gasteiger partial charge in [-0.25, -0.2) is 4.68 Å². The number of carbonyl (C=O) groups is 1. The normalized spacial score (nSPS) is 17.8. The van der Waals surface area contributed by atoms with Crippen LogP contribution in [0.15, 0.2) is 42.5 Å². The first-order valence-corrected chi connectivity index (χ1v) is 8.61. The Morgan fingerprint density at radius 2 is 1.92 bits per heavy atom. The van der Waals surface area contributed by atoms with Gasteiger partial charge in [-0.1, -0.05) is 11.6 Å². The minimum Gasteiger partial charge on any atom is -0.356 e. The lowest BCUT2D eigenvalue weighted by molar-refractivity contribution is -0.0375. The molecule has 0 radical (unpaired) electrons. The number of hydrogen-bond donors (Lipinski definition) is 0. The SMILES string of the molecule is O=C(c1ccc(Cl)cc1)c1ccc2c(c1)c(F)nn2C1CCCCO1. The highest BCUT2D eigenvalue weighted by Gasteiger charge is 2.22. The van der Waals surface area contributed by atoms with Gasteiger partial charge in [-0.3, -0.25) is 4.79 Å².